The van der Waals surface area contributed by atoms with Crippen LogP contribution in [0.5, 0.6) is 0 Å². The summed E-state index contributed by atoms with van der Waals surface area (Å²) in [6, 6.07) is 7.98. The Morgan fingerprint density at radius 3 is 2.40 bits per heavy atom. The molecule has 106 valence electrons. The van der Waals surface area contributed by atoms with E-state index in [1.54, 1.807) is 31.2 Å². The highest BCUT2D eigenvalue weighted by Crippen LogP contribution is 2.27. The van der Waals surface area contributed by atoms with E-state index in [-0.39, 0.29) is 5.78 Å². The highest BCUT2D eigenvalue weighted by atomic mass is 35.5. The van der Waals surface area contributed by atoms with Gasteiger partial charge in [-0.2, -0.15) is 0 Å². The van der Waals surface area contributed by atoms with E-state index in [0.29, 0.717) is 24.2 Å². The largest absolute Gasteiger partial charge is 0.292 e. The Morgan fingerprint density at radius 1 is 1.15 bits per heavy atom. The third-order valence-corrected chi connectivity index (χ3v) is 6.19. The van der Waals surface area contributed by atoms with Gasteiger partial charge in [0.05, 0.1) is 30.1 Å². The summed E-state index contributed by atoms with van der Waals surface area (Å²) in [5, 5.41) is 0.0229. The standard InChI is InChI=1S/C13H9Cl3O2S2/c1-7(13(17)11-4-5-12(16)19-11)20(18)8-2-3-9(14)10(15)6-8/h2-7H,1H3. The van der Waals surface area contributed by atoms with Gasteiger partial charge in [-0.1, -0.05) is 34.8 Å². The SMILES string of the molecule is CC(C(=O)c1ccc(Cl)s1)S(=O)c1ccc(Cl)c(Cl)c1. The Hall–Kier alpha value is -0.390. The number of rotatable bonds is 4. The summed E-state index contributed by atoms with van der Waals surface area (Å²) in [7, 11) is -1.50. The van der Waals surface area contributed by atoms with Crippen LogP contribution < -0.4 is 0 Å². The maximum Gasteiger partial charge on any atom is 0.188 e. The highest BCUT2D eigenvalue weighted by molar-refractivity contribution is 7.86. The molecule has 0 aliphatic heterocycles. The van der Waals surface area contributed by atoms with Crippen LogP contribution in [-0.4, -0.2) is 15.2 Å². The van der Waals surface area contributed by atoms with Crippen molar-refractivity contribution in [2.75, 3.05) is 0 Å². The second kappa shape index (κ2) is 6.58. The van der Waals surface area contributed by atoms with Crippen molar-refractivity contribution < 1.29 is 9.00 Å². The normalized spacial score (nSPS) is 14.0. The number of hydrogen-bond acceptors (Lipinski definition) is 3. The minimum Gasteiger partial charge on any atom is -0.292 e. The van der Waals surface area contributed by atoms with Gasteiger partial charge < -0.3 is 0 Å². The minimum atomic E-state index is -1.50. The van der Waals surface area contributed by atoms with Gasteiger partial charge in [-0.05, 0) is 37.3 Å². The zero-order valence-electron chi connectivity index (χ0n) is 10.2. The molecule has 20 heavy (non-hydrogen) atoms. The van der Waals surface area contributed by atoms with Crippen LogP contribution in [0, 0.1) is 0 Å². The van der Waals surface area contributed by atoms with Gasteiger partial charge in [0.1, 0.15) is 5.25 Å². The maximum absolute atomic E-state index is 12.4. The van der Waals surface area contributed by atoms with Gasteiger partial charge in [-0.3, -0.25) is 9.00 Å². The first-order chi connectivity index (χ1) is 9.40. The molecule has 0 aliphatic rings. The molecule has 0 saturated carbocycles. The molecule has 0 spiro atoms. The van der Waals surface area contributed by atoms with Crippen molar-refractivity contribution >= 4 is 62.7 Å². The summed E-state index contributed by atoms with van der Waals surface area (Å²) in [5.74, 6) is -0.202. The molecule has 7 heteroatoms. The molecular weight excluding hydrogens is 359 g/mol. The van der Waals surface area contributed by atoms with E-state index < -0.39 is 16.0 Å². The van der Waals surface area contributed by atoms with Crippen LogP contribution in [0.2, 0.25) is 14.4 Å². The van der Waals surface area contributed by atoms with E-state index in [0.717, 1.165) is 0 Å². The van der Waals surface area contributed by atoms with Crippen molar-refractivity contribution in [2.24, 2.45) is 0 Å². The van der Waals surface area contributed by atoms with Crippen LogP contribution in [0.4, 0.5) is 0 Å². The van der Waals surface area contributed by atoms with Crippen LogP contribution in [0.15, 0.2) is 35.2 Å². The Labute approximate surface area is 138 Å². The fourth-order valence-corrected chi connectivity index (χ4v) is 4.23. The lowest BCUT2D eigenvalue weighted by Gasteiger charge is -2.10. The van der Waals surface area contributed by atoms with Gasteiger partial charge in [0.2, 0.25) is 0 Å². The molecule has 0 bridgehead atoms. The molecule has 0 radical (unpaired) electrons. The number of hydrogen-bond donors (Lipinski definition) is 0. The molecule has 0 N–H and O–H groups in total. The number of halogens is 3. The van der Waals surface area contributed by atoms with Crippen molar-refractivity contribution in [3.8, 4) is 0 Å². The Kier molecular flexibility index (Phi) is 5.26. The van der Waals surface area contributed by atoms with E-state index >= 15 is 0 Å². The van der Waals surface area contributed by atoms with Crippen LogP contribution in [0.25, 0.3) is 0 Å². The summed E-state index contributed by atoms with van der Waals surface area (Å²) in [4.78, 5) is 13.2. The quantitative estimate of drug-likeness (QED) is 0.706. The highest BCUT2D eigenvalue weighted by Gasteiger charge is 2.24. The molecule has 0 amide bonds. The predicted octanol–water partition coefficient (Wildman–Crippen LogP) is 5.09. The molecule has 1 aromatic heterocycles. The molecule has 0 fully saturated rings. The number of thiophene rings is 1. The third kappa shape index (κ3) is 3.43. The van der Waals surface area contributed by atoms with Crippen molar-refractivity contribution in [1.29, 1.82) is 0 Å². The molecule has 1 heterocycles. The number of ketones is 1. The zero-order chi connectivity index (χ0) is 14.9. The molecular formula is C13H9Cl3O2S2. The second-order valence-electron chi connectivity index (χ2n) is 3.98. The first-order valence-corrected chi connectivity index (χ1v) is 8.71. The van der Waals surface area contributed by atoms with Gasteiger partial charge in [-0.15, -0.1) is 11.3 Å². The fraction of sp³-hybridized carbons (Fsp3) is 0.154. The van der Waals surface area contributed by atoms with Crippen molar-refractivity contribution in [2.45, 2.75) is 17.1 Å². The summed E-state index contributed by atoms with van der Waals surface area (Å²) in [6.45, 7) is 1.62. The maximum atomic E-state index is 12.4. The lowest BCUT2D eigenvalue weighted by molar-refractivity contribution is 0.0996. The van der Waals surface area contributed by atoms with E-state index in [4.69, 9.17) is 34.8 Å². The predicted molar refractivity (Wildman–Crippen MR) is 86.0 cm³/mol. The minimum absolute atomic E-state index is 0.202. The van der Waals surface area contributed by atoms with Gasteiger partial charge in [0, 0.05) is 4.90 Å². The molecule has 2 nitrogen and oxygen atoms in total. The van der Waals surface area contributed by atoms with Crippen LogP contribution in [-0.2, 0) is 10.8 Å². The van der Waals surface area contributed by atoms with Crippen LogP contribution in [0.3, 0.4) is 0 Å². The van der Waals surface area contributed by atoms with Crippen molar-refractivity contribution in [3.63, 3.8) is 0 Å². The Morgan fingerprint density at radius 2 is 1.85 bits per heavy atom. The average Bonchev–Trinajstić information content (AvgIpc) is 2.86. The molecule has 2 aromatic rings. The fourth-order valence-electron chi connectivity index (χ4n) is 1.55. The van der Waals surface area contributed by atoms with E-state index in [1.165, 1.54) is 17.4 Å². The summed E-state index contributed by atoms with van der Waals surface area (Å²) >= 11 is 18.7. The number of Topliss-reactive ketones (excluding diaryl/α,β-unsaturated/α-hetero) is 1. The number of carbonyl (C=O) groups is 1. The monoisotopic (exact) mass is 366 g/mol. The lowest BCUT2D eigenvalue weighted by atomic mass is 10.2. The third-order valence-electron chi connectivity index (χ3n) is 2.63. The summed E-state index contributed by atoms with van der Waals surface area (Å²) < 4.78 is 12.9. The summed E-state index contributed by atoms with van der Waals surface area (Å²) in [5.41, 5.74) is 0. The van der Waals surface area contributed by atoms with Gasteiger partial charge in [0.25, 0.3) is 0 Å². The van der Waals surface area contributed by atoms with Crippen LogP contribution in [0.1, 0.15) is 16.6 Å². The average molecular weight is 368 g/mol. The molecule has 0 saturated heterocycles. The van der Waals surface area contributed by atoms with Gasteiger partial charge in [0.15, 0.2) is 5.78 Å². The Balaban J connectivity index is 2.24. The molecule has 2 rings (SSSR count). The van der Waals surface area contributed by atoms with Crippen molar-refractivity contribution in [3.05, 3.63) is 49.6 Å². The molecule has 2 atom stereocenters. The van der Waals surface area contributed by atoms with Gasteiger partial charge >= 0.3 is 0 Å². The second-order valence-corrected chi connectivity index (χ2v) is 8.29. The van der Waals surface area contributed by atoms with Gasteiger partial charge in [-0.25, -0.2) is 0 Å². The van der Waals surface area contributed by atoms with E-state index in [2.05, 4.69) is 0 Å². The molecule has 1 aromatic carbocycles. The smallest absolute Gasteiger partial charge is 0.188 e. The van der Waals surface area contributed by atoms with Crippen molar-refractivity contribution in [1.82, 2.24) is 0 Å². The molecule has 0 aliphatic carbocycles. The van der Waals surface area contributed by atoms with E-state index in [9.17, 15) is 9.00 Å². The zero-order valence-corrected chi connectivity index (χ0v) is 14.1. The van der Waals surface area contributed by atoms with Crippen LogP contribution >= 0.6 is 46.1 Å². The number of carbonyl (C=O) groups excluding carboxylic acids is 1. The molecule has 2 unspecified atom stereocenters. The number of benzene rings is 1. The topological polar surface area (TPSA) is 34.1 Å². The lowest BCUT2D eigenvalue weighted by Crippen LogP contribution is -2.22. The first kappa shape index (κ1) is 16.0. The first-order valence-electron chi connectivity index (χ1n) is 5.55. The summed E-state index contributed by atoms with van der Waals surface area (Å²) in [6.07, 6.45) is 0. The van der Waals surface area contributed by atoms with E-state index in [1.807, 2.05) is 0 Å². The Bertz CT molecular complexity index is 682.